The van der Waals surface area contributed by atoms with Crippen LogP contribution in [0.4, 0.5) is 0 Å². The molecule has 0 saturated heterocycles. The van der Waals surface area contributed by atoms with Gasteiger partial charge in [0.1, 0.15) is 5.75 Å². The lowest BCUT2D eigenvalue weighted by Crippen LogP contribution is -2.33. The van der Waals surface area contributed by atoms with Crippen LogP contribution in [0, 0.1) is 0 Å². The van der Waals surface area contributed by atoms with Crippen molar-refractivity contribution in [2.75, 3.05) is 13.7 Å². The SMILES string of the molecule is COc1ccc(C(C)CC(=O)NC(C)CCO)cc1. The Balaban J connectivity index is 2.48. The molecule has 0 heterocycles. The Bertz CT molecular complexity index is 389. The number of hydrogen-bond acceptors (Lipinski definition) is 3. The molecule has 1 aromatic carbocycles. The molecule has 0 radical (unpaired) electrons. The van der Waals surface area contributed by atoms with Gasteiger partial charge in [-0.3, -0.25) is 4.79 Å². The molecule has 0 aromatic heterocycles. The van der Waals surface area contributed by atoms with E-state index in [0.29, 0.717) is 12.8 Å². The number of methoxy groups -OCH3 is 1. The maximum absolute atomic E-state index is 11.8. The van der Waals surface area contributed by atoms with Gasteiger partial charge in [-0.05, 0) is 37.0 Å². The fourth-order valence-corrected chi connectivity index (χ4v) is 1.93. The van der Waals surface area contributed by atoms with Crippen LogP contribution in [0.15, 0.2) is 24.3 Å². The molecule has 0 aliphatic rings. The Morgan fingerprint density at radius 2 is 1.95 bits per heavy atom. The Hall–Kier alpha value is -1.55. The third kappa shape index (κ3) is 5.30. The molecule has 2 N–H and O–H groups in total. The maximum Gasteiger partial charge on any atom is 0.220 e. The van der Waals surface area contributed by atoms with Crippen molar-refractivity contribution in [2.24, 2.45) is 0 Å². The summed E-state index contributed by atoms with van der Waals surface area (Å²) >= 11 is 0. The topological polar surface area (TPSA) is 58.6 Å². The molecule has 1 amide bonds. The molecule has 4 heteroatoms. The minimum absolute atomic E-state index is 0.0144. The molecule has 0 aliphatic heterocycles. The summed E-state index contributed by atoms with van der Waals surface area (Å²) in [6.07, 6.45) is 1.03. The summed E-state index contributed by atoms with van der Waals surface area (Å²) in [6.45, 7) is 4.01. The summed E-state index contributed by atoms with van der Waals surface area (Å²) < 4.78 is 5.11. The molecule has 0 saturated carbocycles. The molecule has 1 aromatic rings. The van der Waals surface area contributed by atoms with Gasteiger partial charge in [0.15, 0.2) is 0 Å². The second-order valence-electron chi connectivity index (χ2n) is 4.86. The second kappa shape index (κ2) is 7.79. The minimum atomic E-state index is 0.0144. The molecule has 2 unspecified atom stereocenters. The van der Waals surface area contributed by atoms with Crippen molar-refractivity contribution in [3.05, 3.63) is 29.8 Å². The number of aliphatic hydroxyl groups excluding tert-OH is 1. The fourth-order valence-electron chi connectivity index (χ4n) is 1.93. The lowest BCUT2D eigenvalue weighted by molar-refractivity contribution is -0.122. The second-order valence-corrected chi connectivity index (χ2v) is 4.86. The van der Waals surface area contributed by atoms with E-state index >= 15 is 0 Å². The number of nitrogens with one attached hydrogen (secondary N) is 1. The van der Waals surface area contributed by atoms with Gasteiger partial charge in [0.05, 0.1) is 7.11 Å². The first-order valence-corrected chi connectivity index (χ1v) is 6.61. The van der Waals surface area contributed by atoms with E-state index in [1.54, 1.807) is 7.11 Å². The molecule has 4 nitrogen and oxygen atoms in total. The Kier molecular flexibility index (Phi) is 6.36. The summed E-state index contributed by atoms with van der Waals surface area (Å²) in [7, 11) is 1.63. The number of rotatable bonds is 7. The number of aliphatic hydroxyl groups is 1. The predicted molar refractivity (Wildman–Crippen MR) is 75.3 cm³/mol. The molecule has 0 bridgehead atoms. The third-order valence-electron chi connectivity index (χ3n) is 3.15. The van der Waals surface area contributed by atoms with E-state index in [0.717, 1.165) is 11.3 Å². The van der Waals surface area contributed by atoms with Gasteiger partial charge in [-0.25, -0.2) is 0 Å². The quantitative estimate of drug-likeness (QED) is 0.793. The molecule has 0 aliphatic carbocycles. The molecule has 19 heavy (non-hydrogen) atoms. The Morgan fingerprint density at radius 1 is 1.32 bits per heavy atom. The number of benzene rings is 1. The van der Waals surface area contributed by atoms with Crippen LogP contribution in [0.1, 0.15) is 38.2 Å². The lowest BCUT2D eigenvalue weighted by Gasteiger charge is -2.16. The van der Waals surface area contributed by atoms with E-state index in [9.17, 15) is 4.79 Å². The van der Waals surface area contributed by atoms with E-state index in [1.165, 1.54) is 0 Å². The summed E-state index contributed by atoms with van der Waals surface area (Å²) in [4.78, 5) is 11.8. The summed E-state index contributed by atoms with van der Waals surface area (Å²) in [6, 6.07) is 7.78. The van der Waals surface area contributed by atoms with Crippen molar-refractivity contribution >= 4 is 5.91 Å². The highest BCUT2D eigenvalue weighted by Crippen LogP contribution is 2.21. The normalized spacial score (nSPS) is 13.7. The van der Waals surface area contributed by atoms with Crippen LogP contribution in [0.3, 0.4) is 0 Å². The number of ether oxygens (including phenoxy) is 1. The molecular formula is C15H23NO3. The average Bonchev–Trinajstić information content (AvgIpc) is 2.38. The zero-order valence-corrected chi connectivity index (χ0v) is 11.8. The lowest BCUT2D eigenvalue weighted by atomic mass is 9.97. The minimum Gasteiger partial charge on any atom is -0.497 e. The van der Waals surface area contributed by atoms with Crippen LogP contribution in [0.5, 0.6) is 5.75 Å². The van der Waals surface area contributed by atoms with Crippen molar-refractivity contribution in [1.82, 2.24) is 5.32 Å². The van der Waals surface area contributed by atoms with Gasteiger partial charge in [0, 0.05) is 19.1 Å². The highest BCUT2D eigenvalue weighted by atomic mass is 16.5. The first-order chi connectivity index (χ1) is 9.06. The van der Waals surface area contributed by atoms with Crippen LogP contribution < -0.4 is 10.1 Å². The summed E-state index contributed by atoms with van der Waals surface area (Å²) in [5.74, 6) is 0.994. The largest absolute Gasteiger partial charge is 0.497 e. The van der Waals surface area contributed by atoms with Crippen LogP contribution in [-0.4, -0.2) is 30.8 Å². The summed E-state index contributed by atoms with van der Waals surface area (Å²) in [5, 5.41) is 11.7. The van der Waals surface area contributed by atoms with Crippen molar-refractivity contribution in [1.29, 1.82) is 0 Å². The van der Waals surface area contributed by atoms with Gasteiger partial charge >= 0.3 is 0 Å². The van der Waals surface area contributed by atoms with Crippen LogP contribution in [0.2, 0.25) is 0 Å². The van der Waals surface area contributed by atoms with Crippen LogP contribution in [-0.2, 0) is 4.79 Å². The van der Waals surface area contributed by atoms with Crippen molar-refractivity contribution in [2.45, 2.75) is 38.6 Å². The first kappa shape index (κ1) is 15.5. The van der Waals surface area contributed by atoms with Gasteiger partial charge in [-0.2, -0.15) is 0 Å². The molecule has 2 atom stereocenters. The molecule has 0 spiro atoms. The van der Waals surface area contributed by atoms with E-state index in [2.05, 4.69) is 5.32 Å². The maximum atomic E-state index is 11.8. The highest BCUT2D eigenvalue weighted by Gasteiger charge is 2.13. The van der Waals surface area contributed by atoms with Crippen molar-refractivity contribution in [3.8, 4) is 5.75 Å². The molecule has 106 valence electrons. The average molecular weight is 265 g/mol. The van der Waals surface area contributed by atoms with Crippen molar-refractivity contribution < 1.29 is 14.6 Å². The van der Waals surface area contributed by atoms with Crippen LogP contribution in [0.25, 0.3) is 0 Å². The number of carbonyl (C=O) groups excluding carboxylic acids is 1. The highest BCUT2D eigenvalue weighted by molar-refractivity contribution is 5.77. The standard InChI is InChI=1S/C15H23NO3/c1-11(10-15(18)16-12(2)8-9-17)13-4-6-14(19-3)7-5-13/h4-7,11-12,17H,8-10H2,1-3H3,(H,16,18). The van der Waals surface area contributed by atoms with E-state index in [4.69, 9.17) is 9.84 Å². The molecule has 1 rings (SSSR count). The number of amides is 1. The number of hydrogen-bond donors (Lipinski definition) is 2. The van der Waals surface area contributed by atoms with Crippen molar-refractivity contribution in [3.63, 3.8) is 0 Å². The molecular weight excluding hydrogens is 242 g/mol. The zero-order chi connectivity index (χ0) is 14.3. The zero-order valence-electron chi connectivity index (χ0n) is 11.8. The summed E-state index contributed by atoms with van der Waals surface area (Å²) in [5.41, 5.74) is 1.12. The van der Waals surface area contributed by atoms with E-state index in [-0.39, 0.29) is 24.5 Å². The van der Waals surface area contributed by atoms with Crippen LogP contribution >= 0.6 is 0 Å². The number of carbonyl (C=O) groups is 1. The fraction of sp³-hybridized carbons (Fsp3) is 0.533. The van der Waals surface area contributed by atoms with Gasteiger partial charge in [-0.1, -0.05) is 19.1 Å². The first-order valence-electron chi connectivity index (χ1n) is 6.61. The third-order valence-corrected chi connectivity index (χ3v) is 3.15. The van der Waals surface area contributed by atoms with Gasteiger partial charge in [0.25, 0.3) is 0 Å². The van der Waals surface area contributed by atoms with E-state index < -0.39 is 0 Å². The van der Waals surface area contributed by atoms with Gasteiger partial charge < -0.3 is 15.2 Å². The smallest absolute Gasteiger partial charge is 0.220 e. The van der Waals surface area contributed by atoms with Gasteiger partial charge in [0.2, 0.25) is 5.91 Å². The Morgan fingerprint density at radius 3 is 2.47 bits per heavy atom. The monoisotopic (exact) mass is 265 g/mol. The van der Waals surface area contributed by atoms with Gasteiger partial charge in [-0.15, -0.1) is 0 Å². The Labute approximate surface area is 114 Å². The molecule has 0 fully saturated rings. The predicted octanol–water partition coefficient (Wildman–Crippen LogP) is 2.08. The van der Waals surface area contributed by atoms with E-state index in [1.807, 2.05) is 38.1 Å².